The normalized spacial score (nSPS) is 13.9. The summed E-state index contributed by atoms with van der Waals surface area (Å²) in [4.78, 5) is 38.2. The van der Waals surface area contributed by atoms with Crippen LogP contribution in [-0.4, -0.2) is 28.8 Å². The number of hydrazone groups is 1. The summed E-state index contributed by atoms with van der Waals surface area (Å²) in [7, 11) is 0. The summed E-state index contributed by atoms with van der Waals surface area (Å²) in [6.45, 7) is 3.76. The van der Waals surface area contributed by atoms with E-state index in [0.717, 1.165) is 10.5 Å². The van der Waals surface area contributed by atoms with E-state index in [4.69, 9.17) is 0 Å². The lowest BCUT2D eigenvalue weighted by Gasteiger charge is -2.12. The predicted molar refractivity (Wildman–Crippen MR) is 135 cm³/mol. The van der Waals surface area contributed by atoms with E-state index < -0.39 is 5.25 Å². The summed E-state index contributed by atoms with van der Waals surface area (Å²) in [5.41, 5.74) is 3.02. The summed E-state index contributed by atoms with van der Waals surface area (Å²) < 4.78 is 0. The first-order valence-electron chi connectivity index (χ1n) is 10.8. The van der Waals surface area contributed by atoms with Crippen LogP contribution in [0.2, 0.25) is 0 Å². The van der Waals surface area contributed by atoms with E-state index in [1.54, 1.807) is 43.3 Å². The van der Waals surface area contributed by atoms with Gasteiger partial charge in [0.25, 0.3) is 11.8 Å². The fraction of sp³-hybridized carbons (Fsp3) is 0.154. The Morgan fingerprint density at radius 2 is 1.62 bits per heavy atom. The maximum atomic E-state index is 12.6. The number of para-hydroxylation sites is 1. The van der Waals surface area contributed by atoms with Crippen molar-refractivity contribution in [3.63, 3.8) is 0 Å². The number of rotatable bonds is 6. The van der Waals surface area contributed by atoms with Crippen molar-refractivity contribution < 1.29 is 14.4 Å². The Labute approximate surface area is 202 Å². The van der Waals surface area contributed by atoms with Crippen molar-refractivity contribution in [2.24, 2.45) is 5.10 Å². The van der Waals surface area contributed by atoms with E-state index >= 15 is 0 Å². The van der Waals surface area contributed by atoms with E-state index in [2.05, 4.69) is 15.7 Å². The number of anilines is 2. The number of hydrogen-bond donors (Lipinski definition) is 2. The standard InChI is InChI=1S/C26H24N4O3S/c1-17-8-10-19(11-9-17)26(33)27-20-12-14-22(15-13-20)34-18(2)25(32)28-23-16-24(31)30(29-23)21-6-4-3-5-7-21/h3-15,18H,16H2,1-2H3,(H,27,33)(H,28,29,32). The molecule has 2 N–H and O–H groups in total. The van der Waals surface area contributed by atoms with Gasteiger partial charge in [-0.05, 0) is 62.4 Å². The van der Waals surface area contributed by atoms with Gasteiger partial charge in [0.2, 0.25) is 5.91 Å². The summed E-state index contributed by atoms with van der Waals surface area (Å²) in [5.74, 6) is -0.265. The number of hydrogen-bond acceptors (Lipinski definition) is 5. The van der Waals surface area contributed by atoms with Crippen LogP contribution in [0.3, 0.4) is 0 Å². The van der Waals surface area contributed by atoms with Crippen molar-refractivity contribution in [3.05, 3.63) is 90.0 Å². The molecule has 3 aromatic rings. The number of aryl methyl sites for hydroxylation is 1. The molecule has 34 heavy (non-hydrogen) atoms. The molecule has 0 aromatic heterocycles. The first-order valence-corrected chi connectivity index (χ1v) is 11.7. The quantitative estimate of drug-likeness (QED) is 0.513. The third-order valence-electron chi connectivity index (χ3n) is 5.15. The van der Waals surface area contributed by atoms with Crippen LogP contribution in [0.4, 0.5) is 11.4 Å². The molecule has 1 aliphatic rings. The second-order valence-electron chi connectivity index (χ2n) is 7.86. The Morgan fingerprint density at radius 3 is 2.29 bits per heavy atom. The van der Waals surface area contributed by atoms with Gasteiger partial charge in [-0.15, -0.1) is 11.8 Å². The molecule has 8 heteroatoms. The van der Waals surface area contributed by atoms with Crippen LogP contribution in [0, 0.1) is 6.92 Å². The van der Waals surface area contributed by atoms with Crippen molar-refractivity contribution in [1.82, 2.24) is 5.32 Å². The Hall–Kier alpha value is -3.91. The largest absolute Gasteiger partial charge is 0.322 e. The van der Waals surface area contributed by atoms with E-state index in [1.807, 2.05) is 49.4 Å². The lowest BCUT2D eigenvalue weighted by molar-refractivity contribution is -0.118. The number of amides is 3. The smallest absolute Gasteiger partial charge is 0.255 e. The lowest BCUT2D eigenvalue weighted by Crippen LogP contribution is -2.35. The first kappa shape index (κ1) is 23.3. The second kappa shape index (κ2) is 10.4. The summed E-state index contributed by atoms with van der Waals surface area (Å²) in [5, 5.41) is 10.8. The van der Waals surface area contributed by atoms with Gasteiger partial charge in [0.1, 0.15) is 5.84 Å². The van der Waals surface area contributed by atoms with E-state index in [-0.39, 0.29) is 24.1 Å². The van der Waals surface area contributed by atoms with Crippen LogP contribution in [0.25, 0.3) is 0 Å². The average molecular weight is 473 g/mol. The SMILES string of the molecule is Cc1ccc(C(=O)Nc2ccc(SC(C)C(=O)NC3=NN(c4ccccc4)C(=O)C3)cc2)cc1. The minimum atomic E-state index is -0.406. The molecule has 0 spiro atoms. The summed E-state index contributed by atoms with van der Waals surface area (Å²) >= 11 is 1.38. The predicted octanol–water partition coefficient (Wildman–Crippen LogP) is 4.59. The van der Waals surface area contributed by atoms with Gasteiger partial charge in [-0.25, -0.2) is 0 Å². The lowest BCUT2D eigenvalue weighted by atomic mass is 10.1. The first-order chi connectivity index (χ1) is 16.4. The fourth-order valence-electron chi connectivity index (χ4n) is 3.30. The maximum Gasteiger partial charge on any atom is 0.255 e. The minimum absolute atomic E-state index is 0.0490. The van der Waals surface area contributed by atoms with Crippen LogP contribution in [0.15, 0.2) is 88.9 Å². The molecular formula is C26H24N4O3S. The topological polar surface area (TPSA) is 90.9 Å². The summed E-state index contributed by atoms with van der Waals surface area (Å²) in [6, 6.07) is 23.8. The Bertz CT molecular complexity index is 1230. The molecule has 3 aromatic carbocycles. The van der Waals surface area contributed by atoms with Gasteiger partial charge in [0, 0.05) is 16.1 Å². The fourth-order valence-corrected chi connectivity index (χ4v) is 4.16. The van der Waals surface area contributed by atoms with Crippen LogP contribution in [0.5, 0.6) is 0 Å². The number of carbonyl (C=O) groups excluding carboxylic acids is 3. The van der Waals surface area contributed by atoms with Gasteiger partial charge in [-0.3, -0.25) is 14.4 Å². The third kappa shape index (κ3) is 5.71. The number of amidine groups is 1. The van der Waals surface area contributed by atoms with Crippen molar-refractivity contribution in [2.45, 2.75) is 30.4 Å². The van der Waals surface area contributed by atoms with Gasteiger partial charge in [0.05, 0.1) is 17.4 Å². The molecule has 1 unspecified atom stereocenters. The van der Waals surface area contributed by atoms with E-state index in [0.29, 0.717) is 22.8 Å². The molecule has 0 saturated carbocycles. The van der Waals surface area contributed by atoms with Crippen molar-refractivity contribution >= 4 is 46.7 Å². The van der Waals surface area contributed by atoms with Gasteiger partial charge in [-0.1, -0.05) is 35.9 Å². The molecule has 172 valence electrons. The maximum absolute atomic E-state index is 12.6. The molecule has 4 rings (SSSR count). The molecular weight excluding hydrogens is 448 g/mol. The van der Waals surface area contributed by atoms with Gasteiger partial charge in [-0.2, -0.15) is 10.1 Å². The number of nitrogens with one attached hydrogen (secondary N) is 2. The molecule has 0 radical (unpaired) electrons. The molecule has 0 saturated heterocycles. The number of benzene rings is 3. The highest BCUT2D eigenvalue weighted by Crippen LogP contribution is 2.25. The molecule has 1 heterocycles. The molecule has 1 aliphatic heterocycles. The number of thioether (sulfide) groups is 1. The van der Waals surface area contributed by atoms with Gasteiger partial charge >= 0.3 is 0 Å². The average Bonchev–Trinajstić information content (AvgIpc) is 3.21. The van der Waals surface area contributed by atoms with Crippen LogP contribution >= 0.6 is 11.8 Å². The molecule has 0 bridgehead atoms. The van der Waals surface area contributed by atoms with Crippen LogP contribution in [-0.2, 0) is 9.59 Å². The molecule has 7 nitrogen and oxygen atoms in total. The minimum Gasteiger partial charge on any atom is -0.322 e. The Kier molecular flexibility index (Phi) is 7.08. The second-order valence-corrected chi connectivity index (χ2v) is 9.27. The number of nitrogens with zero attached hydrogens (tertiary/aromatic N) is 2. The molecule has 1 atom stereocenters. The van der Waals surface area contributed by atoms with Gasteiger partial charge < -0.3 is 10.6 Å². The zero-order chi connectivity index (χ0) is 24.1. The third-order valence-corrected chi connectivity index (χ3v) is 6.26. The Morgan fingerprint density at radius 1 is 0.941 bits per heavy atom. The molecule has 3 amide bonds. The summed E-state index contributed by atoms with van der Waals surface area (Å²) in [6.07, 6.45) is 0.0490. The highest BCUT2D eigenvalue weighted by molar-refractivity contribution is 8.00. The van der Waals surface area contributed by atoms with Crippen molar-refractivity contribution in [2.75, 3.05) is 10.3 Å². The van der Waals surface area contributed by atoms with Crippen molar-refractivity contribution in [3.8, 4) is 0 Å². The monoisotopic (exact) mass is 472 g/mol. The highest BCUT2D eigenvalue weighted by Gasteiger charge is 2.27. The van der Waals surface area contributed by atoms with E-state index in [9.17, 15) is 14.4 Å². The molecule has 0 aliphatic carbocycles. The van der Waals surface area contributed by atoms with Crippen LogP contribution < -0.4 is 15.6 Å². The van der Waals surface area contributed by atoms with E-state index in [1.165, 1.54) is 16.8 Å². The van der Waals surface area contributed by atoms with Crippen molar-refractivity contribution in [1.29, 1.82) is 0 Å². The Balaban J connectivity index is 1.31. The van der Waals surface area contributed by atoms with Crippen LogP contribution in [0.1, 0.15) is 29.3 Å². The highest BCUT2D eigenvalue weighted by atomic mass is 32.2. The molecule has 0 fully saturated rings. The zero-order valence-electron chi connectivity index (χ0n) is 18.8. The zero-order valence-corrected chi connectivity index (χ0v) is 19.6. The van der Waals surface area contributed by atoms with Gasteiger partial charge in [0.15, 0.2) is 0 Å². The number of carbonyl (C=O) groups is 3.